The Balaban J connectivity index is 2.22. The number of ether oxygens (including phenoxy) is 3. The number of nitrogens with two attached hydrogens (primary N) is 1. The van der Waals surface area contributed by atoms with Crippen LogP contribution in [0.5, 0.6) is 17.2 Å². The SMILES string of the molecule is COc1cc(-c2c(C#N)c(N)nc3c2c(=O)[nH]c2scc[n+]23)cc(OC)c1OC. The van der Waals surface area contributed by atoms with E-state index in [1.54, 1.807) is 22.7 Å². The third kappa shape index (κ3) is 2.71. The van der Waals surface area contributed by atoms with Gasteiger partial charge in [0.15, 0.2) is 11.5 Å². The Morgan fingerprint density at radius 2 is 1.90 bits per heavy atom. The molecule has 4 aromatic rings. The summed E-state index contributed by atoms with van der Waals surface area (Å²) in [6.45, 7) is 0. The van der Waals surface area contributed by atoms with Gasteiger partial charge in [-0.15, -0.1) is 0 Å². The summed E-state index contributed by atoms with van der Waals surface area (Å²) in [5.41, 5.74) is 7.02. The second-order valence-corrected chi connectivity index (χ2v) is 6.90. The molecular formula is C19H16N5O4S+. The molecule has 10 heteroatoms. The van der Waals surface area contributed by atoms with Gasteiger partial charge in [0.2, 0.25) is 11.6 Å². The number of thiazole rings is 1. The highest BCUT2D eigenvalue weighted by atomic mass is 32.1. The quantitative estimate of drug-likeness (QED) is 0.492. The van der Waals surface area contributed by atoms with Gasteiger partial charge >= 0.3 is 5.56 Å². The third-order valence-electron chi connectivity index (χ3n) is 4.56. The lowest BCUT2D eigenvalue weighted by Crippen LogP contribution is -2.28. The Hall–Kier alpha value is -3.84. The molecule has 1 aromatic carbocycles. The van der Waals surface area contributed by atoms with E-state index >= 15 is 0 Å². The molecule has 0 aliphatic carbocycles. The standard InChI is InChI=1S/C19H15N5O4S/c1-26-11-6-9(7-12(27-2)15(11)28-3)13-10(8-20)16(21)22-17-14(13)18(25)23-19-24(17)4-5-29-19/h4-7H,1-3H3,(H2,21,22,25)/p+1. The normalized spacial score (nSPS) is 10.8. The van der Waals surface area contributed by atoms with E-state index in [0.717, 1.165) is 0 Å². The van der Waals surface area contributed by atoms with Gasteiger partial charge in [0.05, 0.1) is 27.5 Å². The molecule has 0 fully saturated rings. The molecule has 4 rings (SSSR count). The summed E-state index contributed by atoms with van der Waals surface area (Å²) < 4.78 is 17.9. The molecule has 0 saturated heterocycles. The van der Waals surface area contributed by atoms with E-state index in [4.69, 9.17) is 19.9 Å². The molecule has 0 saturated carbocycles. The van der Waals surface area contributed by atoms with Crippen molar-refractivity contribution in [3.05, 3.63) is 39.6 Å². The topological polar surface area (TPSA) is 127 Å². The fourth-order valence-corrected chi connectivity index (χ4v) is 4.03. The van der Waals surface area contributed by atoms with Gasteiger partial charge in [0.1, 0.15) is 17.0 Å². The summed E-state index contributed by atoms with van der Waals surface area (Å²) in [5.74, 6) is 1.19. The van der Waals surface area contributed by atoms with E-state index in [9.17, 15) is 10.1 Å². The van der Waals surface area contributed by atoms with E-state index in [0.29, 0.717) is 39.0 Å². The van der Waals surface area contributed by atoms with Crippen LogP contribution >= 0.6 is 11.3 Å². The monoisotopic (exact) mass is 410 g/mol. The molecule has 0 atom stereocenters. The first-order valence-corrected chi connectivity index (χ1v) is 9.26. The lowest BCUT2D eigenvalue weighted by molar-refractivity contribution is -0.482. The highest BCUT2D eigenvalue weighted by Crippen LogP contribution is 2.43. The zero-order valence-corrected chi connectivity index (χ0v) is 16.6. The average Bonchev–Trinajstić information content (AvgIpc) is 3.20. The lowest BCUT2D eigenvalue weighted by atomic mass is 9.97. The number of nitrogens with one attached hydrogen (secondary N) is 1. The number of nitriles is 1. The van der Waals surface area contributed by atoms with Crippen molar-refractivity contribution in [3.8, 4) is 34.4 Å². The predicted octanol–water partition coefficient (Wildman–Crippen LogP) is 1.87. The third-order valence-corrected chi connectivity index (χ3v) is 5.34. The fraction of sp³-hybridized carbons (Fsp3) is 0.158. The highest BCUT2D eigenvalue weighted by Gasteiger charge is 2.26. The number of fused-ring (bicyclic) bond motifs is 3. The molecule has 0 aliphatic rings. The smallest absolute Gasteiger partial charge is 0.319 e. The van der Waals surface area contributed by atoms with E-state index < -0.39 is 0 Å². The maximum absolute atomic E-state index is 13.0. The van der Waals surface area contributed by atoms with Crippen molar-refractivity contribution >= 4 is 33.1 Å². The van der Waals surface area contributed by atoms with E-state index in [2.05, 4.69) is 16.0 Å². The summed E-state index contributed by atoms with van der Waals surface area (Å²) in [6, 6.07) is 5.40. The number of hydrogen-bond donors (Lipinski definition) is 2. The second-order valence-electron chi connectivity index (χ2n) is 6.00. The predicted molar refractivity (Wildman–Crippen MR) is 108 cm³/mol. The Morgan fingerprint density at radius 1 is 1.21 bits per heavy atom. The minimum absolute atomic E-state index is 0.0225. The van der Waals surface area contributed by atoms with E-state index in [-0.39, 0.29) is 22.3 Å². The number of anilines is 1. The number of nitrogens with zero attached hydrogens (tertiary/aromatic N) is 3. The minimum atomic E-state index is -0.379. The van der Waals surface area contributed by atoms with Crippen LogP contribution in [-0.2, 0) is 0 Å². The van der Waals surface area contributed by atoms with Crippen LogP contribution in [0.15, 0.2) is 28.5 Å². The molecule has 3 heterocycles. The number of aromatic nitrogens is 3. The van der Waals surface area contributed by atoms with Crippen LogP contribution in [0.2, 0.25) is 0 Å². The van der Waals surface area contributed by atoms with Crippen molar-refractivity contribution < 1.29 is 18.6 Å². The van der Waals surface area contributed by atoms with Crippen LogP contribution in [0.1, 0.15) is 5.56 Å². The Bertz CT molecular complexity index is 1340. The van der Waals surface area contributed by atoms with E-state index in [1.165, 1.54) is 32.7 Å². The molecule has 0 aliphatic heterocycles. The summed E-state index contributed by atoms with van der Waals surface area (Å²) in [6.07, 6.45) is 1.77. The molecule has 0 bridgehead atoms. The molecule has 3 aromatic heterocycles. The Morgan fingerprint density at radius 3 is 2.48 bits per heavy atom. The minimum Gasteiger partial charge on any atom is -0.493 e. The molecule has 29 heavy (non-hydrogen) atoms. The zero-order valence-electron chi connectivity index (χ0n) is 15.8. The second kappa shape index (κ2) is 6.96. The first kappa shape index (κ1) is 18.5. The number of aromatic amines is 1. The van der Waals surface area contributed by atoms with Crippen LogP contribution < -0.4 is 29.9 Å². The van der Waals surface area contributed by atoms with E-state index in [1.807, 2.05) is 5.38 Å². The van der Waals surface area contributed by atoms with Gasteiger partial charge in [0.25, 0.3) is 10.6 Å². The number of nitrogen functional groups attached to an aromatic ring is 1. The number of rotatable bonds is 4. The van der Waals surface area contributed by atoms with Gasteiger partial charge in [-0.05, 0) is 17.7 Å². The highest BCUT2D eigenvalue weighted by molar-refractivity contribution is 7.14. The van der Waals surface area contributed by atoms with Gasteiger partial charge in [-0.3, -0.25) is 4.79 Å². The largest absolute Gasteiger partial charge is 0.493 e. The van der Waals surface area contributed by atoms with Crippen molar-refractivity contribution in [1.29, 1.82) is 5.26 Å². The molecule has 0 amide bonds. The van der Waals surface area contributed by atoms with Gasteiger partial charge in [0, 0.05) is 10.9 Å². The van der Waals surface area contributed by atoms with Crippen LogP contribution in [0.4, 0.5) is 5.82 Å². The summed E-state index contributed by atoms with van der Waals surface area (Å²) in [7, 11) is 4.47. The van der Waals surface area contributed by atoms with Crippen LogP contribution in [0, 0.1) is 11.3 Å². The summed E-state index contributed by atoms with van der Waals surface area (Å²) in [4.78, 5) is 20.7. The number of methoxy groups -OCH3 is 3. The molecule has 0 unspecified atom stereocenters. The Labute approximate surface area is 168 Å². The molecule has 0 spiro atoms. The van der Waals surface area contributed by atoms with Crippen molar-refractivity contribution in [1.82, 2.24) is 9.97 Å². The summed E-state index contributed by atoms with van der Waals surface area (Å²) >= 11 is 1.36. The van der Waals surface area contributed by atoms with Crippen LogP contribution in [0.3, 0.4) is 0 Å². The van der Waals surface area contributed by atoms with Gasteiger partial charge in [-0.1, -0.05) is 16.3 Å². The van der Waals surface area contributed by atoms with Crippen molar-refractivity contribution in [2.24, 2.45) is 0 Å². The first-order chi connectivity index (χ1) is 14.0. The Kier molecular flexibility index (Phi) is 4.44. The molecule has 9 nitrogen and oxygen atoms in total. The van der Waals surface area contributed by atoms with Crippen molar-refractivity contribution in [2.45, 2.75) is 0 Å². The molecule has 3 N–H and O–H groups in total. The van der Waals surface area contributed by atoms with Crippen LogP contribution in [-0.4, -0.2) is 31.3 Å². The first-order valence-electron chi connectivity index (χ1n) is 8.38. The molecule has 0 radical (unpaired) electrons. The van der Waals surface area contributed by atoms with Gasteiger partial charge in [-0.2, -0.15) is 9.66 Å². The maximum Gasteiger partial charge on any atom is 0.319 e. The molecular weight excluding hydrogens is 394 g/mol. The number of pyridine rings is 1. The van der Waals surface area contributed by atoms with Crippen molar-refractivity contribution in [3.63, 3.8) is 0 Å². The number of hydrogen-bond acceptors (Lipinski definition) is 8. The van der Waals surface area contributed by atoms with Crippen molar-refractivity contribution in [2.75, 3.05) is 27.1 Å². The van der Waals surface area contributed by atoms with Gasteiger partial charge < -0.3 is 19.9 Å². The average molecular weight is 410 g/mol. The fourth-order valence-electron chi connectivity index (χ4n) is 3.30. The number of benzene rings is 1. The molecule has 146 valence electrons. The van der Waals surface area contributed by atoms with Gasteiger partial charge in [-0.25, -0.2) is 4.98 Å². The zero-order chi connectivity index (χ0) is 20.7. The maximum atomic E-state index is 13.0. The van der Waals surface area contributed by atoms with Crippen LogP contribution in [0.25, 0.3) is 27.1 Å². The lowest BCUT2D eigenvalue weighted by Gasteiger charge is -2.15. The summed E-state index contributed by atoms with van der Waals surface area (Å²) in [5, 5.41) is 11.8. The number of H-pyrrole nitrogens is 1.